The Morgan fingerprint density at radius 2 is 2.11 bits per heavy atom. The predicted molar refractivity (Wildman–Crippen MR) is 69.3 cm³/mol. The molecule has 1 heterocycles. The normalized spacial score (nSPS) is 9.89. The van der Waals surface area contributed by atoms with E-state index in [1.807, 2.05) is 6.07 Å². The van der Waals surface area contributed by atoms with Crippen LogP contribution in [0.4, 0.5) is 0 Å². The van der Waals surface area contributed by atoms with Crippen molar-refractivity contribution in [2.45, 2.75) is 6.42 Å². The molecule has 0 spiro atoms. The van der Waals surface area contributed by atoms with Crippen LogP contribution in [0.2, 0.25) is 0 Å². The minimum atomic E-state index is -1.05. The molecule has 0 aromatic carbocycles. The van der Waals surface area contributed by atoms with Crippen molar-refractivity contribution in [2.24, 2.45) is 0 Å². The third-order valence-electron chi connectivity index (χ3n) is 2.37. The van der Waals surface area contributed by atoms with Crippen molar-refractivity contribution in [3.63, 3.8) is 0 Å². The number of carboxylic acid groups (broad SMARTS) is 1. The van der Waals surface area contributed by atoms with Gasteiger partial charge in [0.15, 0.2) is 0 Å². The quantitative estimate of drug-likeness (QED) is 0.817. The number of carboxylic acids is 1. The molecule has 0 aliphatic carbocycles. The maximum Gasteiger partial charge on any atom is 0.345 e. The van der Waals surface area contributed by atoms with Gasteiger partial charge in [0.05, 0.1) is 24.0 Å². The van der Waals surface area contributed by atoms with Crippen molar-refractivity contribution in [3.05, 3.63) is 21.9 Å². The first-order chi connectivity index (χ1) is 9.10. The van der Waals surface area contributed by atoms with Crippen LogP contribution in [0, 0.1) is 11.3 Å². The van der Waals surface area contributed by atoms with E-state index in [9.17, 15) is 9.59 Å². The molecule has 1 amide bonds. The molecule has 0 unspecified atom stereocenters. The number of aromatic carboxylic acids is 1. The van der Waals surface area contributed by atoms with Gasteiger partial charge < -0.3 is 14.7 Å². The Bertz CT molecular complexity index is 492. The Hall–Kier alpha value is -1.91. The van der Waals surface area contributed by atoms with Crippen LogP contribution in [0.15, 0.2) is 12.1 Å². The average molecular weight is 282 g/mol. The number of hydrogen-bond acceptors (Lipinski definition) is 5. The van der Waals surface area contributed by atoms with Crippen molar-refractivity contribution >= 4 is 23.2 Å². The van der Waals surface area contributed by atoms with E-state index < -0.39 is 5.97 Å². The maximum absolute atomic E-state index is 12.2. The lowest BCUT2D eigenvalue weighted by atomic mass is 10.3. The van der Waals surface area contributed by atoms with Crippen molar-refractivity contribution in [2.75, 3.05) is 26.8 Å². The molecule has 0 saturated heterocycles. The Morgan fingerprint density at radius 1 is 1.42 bits per heavy atom. The van der Waals surface area contributed by atoms with E-state index in [0.717, 1.165) is 11.3 Å². The summed E-state index contributed by atoms with van der Waals surface area (Å²) in [5.74, 6) is -1.32. The molecule has 0 bridgehead atoms. The first kappa shape index (κ1) is 15.1. The molecule has 7 heteroatoms. The summed E-state index contributed by atoms with van der Waals surface area (Å²) in [5.41, 5.74) is 0. The van der Waals surface area contributed by atoms with Gasteiger partial charge in [-0.1, -0.05) is 0 Å². The Labute approximate surface area is 114 Å². The van der Waals surface area contributed by atoms with Gasteiger partial charge in [-0.05, 0) is 12.1 Å². The molecule has 0 fully saturated rings. The highest BCUT2D eigenvalue weighted by molar-refractivity contribution is 7.15. The van der Waals surface area contributed by atoms with Gasteiger partial charge >= 0.3 is 5.97 Å². The van der Waals surface area contributed by atoms with Crippen molar-refractivity contribution in [3.8, 4) is 6.07 Å². The summed E-state index contributed by atoms with van der Waals surface area (Å²) in [6.45, 7) is 1.05. The molecule has 1 rings (SSSR count). The van der Waals surface area contributed by atoms with E-state index in [1.54, 1.807) is 0 Å². The molecule has 102 valence electrons. The Morgan fingerprint density at radius 3 is 2.63 bits per heavy atom. The van der Waals surface area contributed by atoms with Crippen LogP contribution in [-0.4, -0.2) is 48.7 Å². The number of thiophene rings is 1. The molecule has 0 atom stereocenters. The largest absolute Gasteiger partial charge is 0.477 e. The van der Waals surface area contributed by atoms with E-state index in [4.69, 9.17) is 15.1 Å². The molecule has 0 aliphatic rings. The number of carbonyl (C=O) groups is 2. The van der Waals surface area contributed by atoms with E-state index in [1.165, 1.54) is 24.1 Å². The Balaban J connectivity index is 2.78. The lowest BCUT2D eigenvalue weighted by Crippen LogP contribution is -2.34. The van der Waals surface area contributed by atoms with Gasteiger partial charge in [0.1, 0.15) is 4.88 Å². The highest BCUT2D eigenvalue weighted by Crippen LogP contribution is 2.18. The van der Waals surface area contributed by atoms with Crippen LogP contribution < -0.4 is 0 Å². The van der Waals surface area contributed by atoms with Gasteiger partial charge in [0, 0.05) is 20.2 Å². The monoisotopic (exact) mass is 282 g/mol. The van der Waals surface area contributed by atoms with Gasteiger partial charge in [-0.25, -0.2) is 4.79 Å². The second-order valence-electron chi connectivity index (χ2n) is 3.66. The Kier molecular flexibility index (Phi) is 5.99. The number of hydrogen-bond donors (Lipinski definition) is 1. The van der Waals surface area contributed by atoms with Crippen LogP contribution in [0.3, 0.4) is 0 Å². The highest BCUT2D eigenvalue weighted by Gasteiger charge is 2.18. The third-order valence-corrected chi connectivity index (χ3v) is 3.43. The third kappa shape index (κ3) is 4.35. The molecule has 1 aromatic heterocycles. The SMILES string of the molecule is COCCN(CCC#N)C(=O)c1ccc(C(=O)O)s1. The number of ether oxygens (including phenoxy) is 1. The number of carbonyl (C=O) groups excluding carboxylic acids is 1. The topological polar surface area (TPSA) is 90.6 Å². The minimum absolute atomic E-state index is 0.121. The summed E-state index contributed by atoms with van der Waals surface area (Å²) in [6.07, 6.45) is 0.229. The predicted octanol–water partition coefficient (Wildman–Crippen LogP) is 1.45. The van der Waals surface area contributed by atoms with E-state index >= 15 is 0 Å². The summed E-state index contributed by atoms with van der Waals surface area (Å²) in [6, 6.07) is 4.87. The van der Waals surface area contributed by atoms with Gasteiger partial charge in [-0.3, -0.25) is 4.79 Å². The summed E-state index contributed by atoms with van der Waals surface area (Å²) in [7, 11) is 1.53. The lowest BCUT2D eigenvalue weighted by molar-refractivity contribution is 0.0697. The van der Waals surface area contributed by atoms with E-state index in [-0.39, 0.29) is 17.2 Å². The molecule has 0 aliphatic heterocycles. The lowest BCUT2D eigenvalue weighted by Gasteiger charge is -2.20. The maximum atomic E-state index is 12.2. The van der Waals surface area contributed by atoms with Crippen LogP contribution in [-0.2, 0) is 4.74 Å². The average Bonchev–Trinajstić information content (AvgIpc) is 2.88. The fourth-order valence-electron chi connectivity index (χ4n) is 1.42. The van der Waals surface area contributed by atoms with Crippen molar-refractivity contribution in [1.29, 1.82) is 5.26 Å². The smallest absolute Gasteiger partial charge is 0.345 e. The second kappa shape index (κ2) is 7.51. The summed E-state index contributed by atoms with van der Waals surface area (Å²) in [5, 5.41) is 17.4. The van der Waals surface area contributed by atoms with E-state index in [0.29, 0.717) is 24.6 Å². The molecule has 6 nitrogen and oxygen atoms in total. The number of amides is 1. The zero-order valence-electron chi connectivity index (χ0n) is 10.5. The van der Waals surface area contributed by atoms with Gasteiger partial charge in [0.2, 0.25) is 0 Å². The molecule has 0 saturated carbocycles. The van der Waals surface area contributed by atoms with Gasteiger partial charge in [-0.2, -0.15) is 5.26 Å². The minimum Gasteiger partial charge on any atom is -0.477 e. The van der Waals surface area contributed by atoms with Crippen LogP contribution >= 0.6 is 11.3 Å². The number of rotatable bonds is 7. The van der Waals surface area contributed by atoms with Crippen LogP contribution in [0.25, 0.3) is 0 Å². The summed E-state index contributed by atoms with van der Waals surface area (Å²) in [4.78, 5) is 24.9. The fourth-order valence-corrected chi connectivity index (χ4v) is 2.24. The van der Waals surface area contributed by atoms with Crippen molar-refractivity contribution in [1.82, 2.24) is 4.90 Å². The summed E-state index contributed by atoms with van der Waals surface area (Å²) >= 11 is 0.930. The number of nitrogens with zero attached hydrogens (tertiary/aromatic N) is 2. The number of methoxy groups -OCH3 is 1. The first-order valence-electron chi connectivity index (χ1n) is 5.58. The first-order valence-corrected chi connectivity index (χ1v) is 6.40. The second-order valence-corrected chi connectivity index (χ2v) is 4.75. The molecule has 0 radical (unpaired) electrons. The zero-order valence-corrected chi connectivity index (χ0v) is 11.3. The van der Waals surface area contributed by atoms with Crippen molar-refractivity contribution < 1.29 is 19.4 Å². The fraction of sp³-hybridized carbons (Fsp3) is 0.417. The van der Waals surface area contributed by atoms with Gasteiger partial charge in [0.25, 0.3) is 5.91 Å². The van der Waals surface area contributed by atoms with Crippen LogP contribution in [0.5, 0.6) is 0 Å². The molecular formula is C12H14N2O4S. The summed E-state index contributed by atoms with van der Waals surface area (Å²) < 4.78 is 4.91. The highest BCUT2D eigenvalue weighted by atomic mass is 32.1. The molecular weight excluding hydrogens is 268 g/mol. The standard InChI is InChI=1S/C12H14N2O4S/c1-18-8-7-14(6-2-5-13)11(15)9-3-4-10(19-9)12(16)17/h3-4H,2,6-8H2,1H3,(H,16,17). The number of nitriles is 1. The zero-order chi connectivity index (χ0) is 14.3. The molecule has 1 N–H and O–H groups in total. The van der Waals surface area contributed by atoms with Crippen LogP contribution in [0.1, 0.15) is 25.8 Å². The van der Waals surface area contributed by atoms with Gasteiger partial charge in [-0.15, -0.1) is 11.3 Å². The van der Waals surface area contributed by atoms with E-state index in [2.05, 4.69) is 0 Å². The molecule has 1 aromatic rings. The molecule has 19 heavy (non-hydrogen) atoms.